The van der Waals surface area contributed by atoms with Crippen molar-refractivity contribution in [3.05, 3.63) is 39.9 Å². The lowest BCUT2D eigenvalue weighted by Crippen LogP contribution is -2.50. The van der Waals surface area contributed by atoms with Crippen LogP contribution in [0.2, 0.25) is 0 Å². The van der Waals surface area contributed by atoms with E-state index in [4.69, 9.17) is 0 Å². The first-order valence-electron chi connectivity index (χ1n) is 9.47. The number of likely N-dealkylation sites (N-methyl/N-ethyl adjacent to an activating group) is 1. The van der Waals surface area contributed by atoms with Crippen LogP contribution in [0.25, 0.3) is 10.9 Å². The summed E-state index contributed by atoms with van der Waals surface area (Å²) < 4.78 is 16.9. The number of halogens is 1. The molecule has 6 nitrogen and oxygen atoms in total. The number of pyridine rings is 1. The molecule has 0 spiro atoms. The number of carboxylic acids is 1. The Bertz CT molecular complexity index is 1030. The van der Waals surface area contributed by atoms with Crippen LogP contribution < -0.4 is 10.3 Å². The predicted molar refractivity (Wildman–Crippen MR) is 100 cm³/mol. The summed E-state index contributed by atoms with van der Waals surface area (Å²) in [6, 6.07) is 4.19. The standard InChI is InChI=1S/C20H22FN3O3/c1-10-16-5-12(22(10)2)8-24(16)18-7-17-13(6-15(18)21)19(25)14(20(26)27)9-23(17)11-3-4-11/h6-7,9-12,16H,3-5,8H2,1-2H3,(H,26,27). The van der Waals surface area contributed by atoms with E-state index in [1.807, 2.05) is 4.57 Å². The Morgan fingerprint density at radius 3 is 2.59 bits per heavy atom. The summed E-state index contributed by atoms with van der Waals surface area (Å²) in [7, 11) is 2.11. The molecular weight excluding hydrogens is 349 g/mol. The first kappa shape index (κ1) is 16.7. The maximum Gasteiger partial charge on any atom is 0.341 e. The second kappa shape index (κ2) is 5.55. The molecule has 2 bridgehead atoms. The van der Waals surface area contributed by atoms with Crippen LogP contribution in [-0.4, -0.2) is 52.3 Å². The maximum absolute atomic E-state index is 15.0. The van der Waals surface area contributed by atoms with Crippen LogP contribution in [0.3, 0.4) is 0 Å². The molecule has 142 valence electrons. The third-order valence-corrected chi connectivity index (χ3v) is 6.68. The Balaban J connectivity index is 1.69. The molecule has 3 fully saturated rings. The Morgan fingerprint density at radius 2 is 2.00 bits per heavy atom. The number of hydrogen-bond donors (Lipinski definition) is 1. The van der Waals surface area contributed by atoms with Gasteiger partial charge in [-0.05, 0) is 45.4 Å². The lowest BCUT2D eigenvalue weighted by atomic mass is 10.1. The van der Waals surface area contributed by atoms with E-state index < -0.39 is 17.2 Å². The lowest BCUT2D eigenvalue weighted by Gasteiger charge is -2.38. The number of hydrogen-bond acceptors (Lipinski definition) is 4. The normalized spacial score (nSPS) is 27.7. The van der Waals surface area contributed by atoms with Gasteiger partial charge in [0, 0.05) is 42.3 Å². The molecule has 3 atom stereocenters. The van der Waals surface area contributed by atoms with Crippen molar-refractivity contribution in [2.24, 2.45) is 0 Å². The van der Waals surface area contributed by atoms with Crippen LogP contribution in [0.1, 0.15) is 42.6 Å². The average Bonchev–Trinajstić information content (AvgIpc) is 3.32. The van der Waals surface area contributed by atoms with Gasteiger partial charge in [-0.3, -0.25) is 9.69 Å². The minimum Gasteiger partial charge on any atom is -0.477 e. The van der Waals surface area contributed by atoms with Crippen LogP contribution in [0, 0.1) is 5.82 Å². The fourth-order valence-corrected chi connectivity index (χ4v) is 4.86. The van der Waals surface area contributed by atoms with Gasteiger partial charge in [0.1, 0.15) is 11.4 Å². The van der Waals surface area contributed by atoms with E-state index in [0.29, 0.717) is 23.3 Å². The summed E-state index contributed by atoms with van der Waals surface area (Å²) in [5.41, 5.74) is 0.243. The molecule has 27 heavy (non-hydrogen) atoms. The van der Waals surface area contributed by atoms with Gasteiger partial charge < -0.3 is 14.6 Å². The van der Waals surface area contributed by atoms with Crippen LogP contribution >= 0.6 is 0 Å². The molecule has 3 aliphatic rings. The van der Waals surface area contributed by atoms with Gasteiger partial charge in [0.2, 0.25) is 5.43 Å². The zero-order valence-electron chi connectivity index (χ0n) is 15.4. The largest absolute Gasteiger partial charge is 0.477 e. The van der Waals surface area contributed by atoms with E-state index >= 15 is 4.39 Å². The maximum atomic E-state index is 15.0. The van der Waals surface area contributed by atoms with Gasteiger partial charge in [0.25, 0.3) is 0 Å². The molecule has 1 aliphatic carbocycles. The number of benzene rings is 1. The molecule has 1 aromatic heterocycles. The number of carboxylic acid groups (broad SMARTS) is 1. The minimum atomic E-state index is -1.27. The third-order valence-electron chi connectivity index (χ3n) is 6.68. The Morgan fingerprint density at radius 1 is 1.26 bits per heavy atom. The monoisotopic (exact) mass is 371 g/mol. The number of rotatable bonds is 3. The summed E-state index contributed by atoms with van der Waals surface area (Å²) in [6.07, 6.45) is 4.33. The Hall–Kier alpha value is -2.41. The zero-order chi connectivity index (χ0) is 19.0. The van der Waals surface area contributed by atoms with Crippen molar-refractivity contribution in [3.8, 4) is 0 Å². The van der Waals surface area contributed by atoms with Gasteiger partial charge in [-0.1, -0.05) is 0 Å². The Labute approximate surface area is 155 Å². The molecule has 1 N–H and O–H groups in total. The molecule has 0 radical (unpaired) electrons. The summed E-state index contributed by atoms with van der Waals surface area (Å²) in [5, 5.41) is 9.50. The number of likely N-dealkylation sites (tertiary alicyclic amines) is 1. The number of aromatic nitrogens is 1. The van der Waals surface area contributed by atoms with Gasteiger partial charge in [-0.15, -0.1) is 0 Å². The number of aromatic carboxylic acids is 1. The fraction of sp³-hybridized carbons (Fsp3) is 0.500. The SMILES string of the molecule is CC1C2CC(CN2c2cc3c(cc2F)c(=O)c(C(=O)O)cn3C2CC2)N1C. The van der Waals surface area contributed by atoms with Gasteiger partial charge in [-0.2, -0.15) is 0 Å². The number of piperazine rings is 1. The highest BCUT2D eigenvalue weighted by Gasteiger charge is 2.47. The van der Waals surface area contributed by atoms with Crippen molar-refractivity contribution in [1.82, 2.24) is 9.47 Å². The zero-order valence-corrected chi connectivity index (χ0v) is 15.4. The van der Waals surface area contributed by atoms with E-state index in [0.717, 1.165) is 25.8 Å². The molecule has 2 aromatic rings. The summed E-state index contributed by atoms with van der Waals surface area (Å²) >= 11 is 0. The van der Waals surface area contributed by atoms with Gasteiger partial charge in [0.15, 0.2) is 0 Å². The van der Waals surface area contributed by atoms with Crippen molar-refractivity contribution in [1.29, 1.82) is 0 Å². The van der Waals surface area contributed by atoms with Crippen molar-refractivity contribution in [3.63, 3.8) is 0 Å². The second-order valence-electron chi connectivity index (χ2n) is 8.15. The highest BCUT2D eigenvalue weighted by Crippen LogP contribution is 2.41. The Kier molecular flexibility index (Phi) is 3.44. The quantitative estimate of drug-likeness (QED) is 0.898. The molecule has 0 amide bonds. The molecule has 1 aromatic carbocycles. The van der Waals surface area contributed by atoms with Gasteiger partial charge in [0.05, 0.1) is 11.2 Å². The predicted octanol–water partition coefficient (Wildman–Crippen LogP) is 2.45. The van der Waals surface area contributed by atoms with Crippen molar-refractivity contribution in [2.75, 3.05) is 18.5 Å². The van der Waals surface area contributed by atoms with E-state index in [2.05, 4.69) is 23.8 Å². The molecule has 1 saturated carbocycles. The third kappa shape index (κ3) is 2.34. The van der Waals surface area contributed by atoms with Gasteiger partial charge >= 0.3 is 5.97 Å². The molecule has 7 heteroatoms. The number of carbonyl (C=O) groups is 1. The molecule has 2 saturated heterocycles. The number of anilines is 1. The van der Waals surface area contributed by atoms with Crippen LogP contribution in [0.15, 0.2) is 23.1 Å². The van der Waals surface area contributed by atoms with Crippen molar-refractivity contribution < 1.29 is 14.3 Å². The molecule has 3 unspecified atom stereocenters. The highest BCUT2D eigenvalue weighted by molar-refractivity contribution is 5.93. The number of fused-ring (bicyclic) bond motifs is 3. The van der Waals surface area contributed by atoms with E-state index in [1.165, 1.54) is 12.3 Å². The van der Waals surface area contributed by atoms with E-state index in [1.54, 1.807) is 6.07 Å². The first-order valence-corrected chi connectivity index (χ1v) is 9.47. The van der Waals surface area contributed by atoms with Crippen LogP contribution in [0.4, 0.5) is 10.1 Å². The fourth-order valence-electron chi connectivity index (χ4n) is 4.86. The highest BCUT2D eigenvalue weighted by atomic mass is 19.1. The van der Waals surface area contributed by atoms with Gasteiger partial charge in [-0.25, -0.2) is 9.18 Å². The first-order chi connectivity index (χ1) is 12.9. The molecular formula is C20H22FN3O3. The smallest absolute Gasteiger partial charge is 0.341 e. The summed E-state index contributed by atoms with van der Waals surface area (Å²) in [6.45, 7) is 2.93. The molecule has 2 aliphatic heterocycles. The number of nitrogens with zero attached hydrogens (tertiary/aromatic N) is 3. The lowest BCUT2D eigenvalue weighted by molar-refractivity contribution is 0.0695. The van der Waals surface area contributed by atoms with E-state index in [-0.39, 0.29) is 23.0 Å². The molecule has 5 rings (SSSR count). The van der Waals surface area contributed by atoms with Crippen molar-refractivity contribution >= 4 is 22.6 Å². The van der Waals surface area contributed by atoms with Crippen LogP contribution in [-0.2, 0) is 0 Å². The minimum absolute atomic E-state index is 0.151. The summed E-state index contributed by atoms with van der Waals surface area (Å²) in [4.78, 5) is 28.5. The topological polar surface area (TPSA) is 65.8 Å². The summed E-state index contributed by atoms with van der Waals surface area (Å²) in [5.74, 6) is -1.72. The second-order valence-corrected chi connectivity index (χ2v) is 8.15. The average molecular weight is 371 g/mol. The van der Waals surface area contributed by atoms with Crippen LogP contribution in [0.5, 0.6) is 0 Å². The van der Waals surface area contributed by atoms with E-state index in [9.17, 15) is 14.7 Å². The molecule has 3 heterocycles. The van der Waals surface area contributed by atoms with Crippen molar-refractivity contribution in [2.45, 2.75) is 50.4 Å².